The van der Waals surface area contributed by atoms with Crippen molar-refractivity contribution in [3.63, 3.8) is 0 Å². The molecule has 1 saturated carbocycles. The average Bonchev–Trinajstić information content (AvgIpc) is 3.67. The zero-order chi connectivity index (χ0) is 25.4. The lowest BCUT2D eigenvalue weighted by Crippen LogP contribution is -2.35. The van der Waals surface area contributed by atoms with Crippen LogP contribution in [-0.4, -0.2) is 30.1 Å². The number of aromatic amines is 1. The summed E-state index contributed by atoms with van der Waals surface area (Å²) >= 11 is 1.70. The largest absolute Gasteiger partial charge is 0.468 e. The maximum atomic E-state index is 13.8. The number of thiophene rings is 1. The second-order valence-electron chi connectivity index (χ2n) is 9.98. The Morgan fingerprint density at radius 3 is 2.78 bits per heavy atom. The van der Waals surface area contributed by atoms with Gasteiger partial charge in [-0.25, -0.2) is 4.68 Å². The minimum absolute atomic E-state index is 0.126. The van der Waals surface area contributed by atoms with E-state index in [1.54, 1.807) is 17.6 Å². The molecule has 6 rings (SSSR count). The molecule has 1 aliphatic rings. The molecule has 0 bridgehead atoms. The summed E-state index contributed by atoms with van der Waals surface area (Å²) in [4.78, 5) is 20.4. The first-order chi connectivity index (χ1) is 18.1. The van der Waals surface area contributed by atoms with E-state index in [9.17, 15) is 4.79 Å². The maximum Gasteiger partial charge on any atom is 0.253 e. The molecule has 0 unspecified atom stereocenters. The summed E-state index contributed by atoms with van der Waals surface area (Å²) in [5.41, 5.74) is 3.59. The fraction of sp³-hybridized carbons (Fsp3) is 0.357. The van der Waals surface area contributed by atoms with Crippen LogP contribution in [0.3, 0.4) is 0 Å². The first-order valence-electron chi connectivity index (χ1n) is 12.8. The fourth-order valence-corrected chi connectivity index (χ4v) is 6.35. The smallest absolute Gasteiger partial charge is 0.253 e. The number of furan rings is 1. The summed E-state index contributed by atoms with van der Waals surface area (Å²) in [6, 6.07) is 14.0. The highest BCUT2D eigenvalue weighted by Gasteiger charge is 2.34. The molecule has 4 aromatic heterocycles. The predicted octanol–water partition coefficient (Wildman–Crippen LogP) is 5.69. The number of nitrogens with zero attached hydrogens (tertiary/aromatic N) is 5. The van der Waals surface area contributed by atoms with Gasteiger partial charge in [0.05, 0.1) is 18.8 Å². The van der Waals surface area contributed by atoms with Crippen LogP contribution in [-0.2, 0) is 13.1 Å². The third kappa shape index (κ3) is 4.76. The number of aromatic nitrogens is 5. The van der Waals surface area contributed by atoms with E-state index < -0.39 is 6.04 Å². The van der Waals surface area contributed by atoms with Crippen LogP contribution in [0.5, 0.6) is 0 Å². The number of tetrazole rings is 1. The van der Waals surface area contributed by atoms with Gasteiger partial charge in [0.15, 0.2) is 5.82 Å². The highest BCUT2D eigenvalue weighted by molar-refractivity contribution is 7.09. The van der Waals surface area contributed by atoms with Crippen LogP contribution in [0.25, 0.3) is 10.9 Å². The van der Waals surface area contributed by atoms with Crippen LogP contribution in [0.4, 0.5) is 0 Å². The molecule has 5 aromatic rings. The van der Waals surface area contributed by atoms with Gasteiger partial charge in [0, 0.05) is 27.9 Å². The molecule has 0 aliphatic heterocycles. The van der Waals surface area contributed by atoms with Crippen molar-refractivity contribution in [2.45, 2.75) is 64.7 Å². The molecule has 37 heavy (non-hydrogen) atoms. The SMILES string of the molecule is Cc1cc(C)c2cc([C@@H](c3nnnn3C3CCCC3)N(Cc3ccco3)Cc3cccs3)c(=O)[nH]c2c1. The van der Waals surface area contributed by atoms with Crippen LogP contribution in [0, 0.1) is 13.8 Å². The third-order valence-electron chi connectivity index (χ3n) is 7.31. The van der Waals surface area contributed by atoms with Crippen molar-refractivity contribution in [3.05, 3.63) is 97.6 Å². The Labute approximate surface area is 218 Å². The average molecular weight is 515 g/mol. The zero-order valence-corrected chi connectivity index (χ0v) is 21.9. The second-order valence-corrected chi connectivity index (χ2v) is 11.0. The number of hydrogen-bond acceptors (Lipinski definition) is 7. The van der Waals surface area contributed by atoms with Gasteiger partial charge in [0.1, 0.15) is 11.8 Å². The van der Waals surface area contributed by atoms with Gasteiger partial charge in [-0.3, -0.25) is 9.69 Å². The normalized spacial score (nSPS) is 15.2. The molecule has 190 valence electrons. The van der Waals surface area contributed by atoms with Gasteiger partial charge in [-0.15, -0.1) is 16.4 Å². The number of benzene rings is 1. The van der Waals surface area contributed by atoms with Gasteiger partial charge in [-0.05, 0) is 84.0 Å². The van der Waals surface area contributed by atoms with Crippen molar-refractivity contribution >= 4 is 22.2 Å². The molecule has 1 atom stereocenters. The molecule has 9 heteroatoms. The number of H-pyrrole nitrogens is 1. The summed E-state index contributed by atoms with van der Waals surface area (Å²) in [5, 5.41) is 16.2. The molecule has 0 radical (unpaired) electrons. The highest BCUT2D eigenvalue weighted by atomic mass is 32.1. The molecule has 0 amide bonds. The maximum absolute atomic E-state index is 13.8. The number of rotatable bonds is 8. The number of hydrogen-bond donors (Lipinski definition) is 1. The molecule has 1 aliphatic carbocycles. The van der Waals surface area contributed by atoms with Crippen molar-refractivity contribution in [2.24, 2.45) is 0 Å². The topological polar surface area (TPSA) is 92.8 Å². The van der Waals surface area contributed by atoms with Gasteiger partial charge in [-0.2, -0.15) is 0 Å². The summed E-state index contributed by atoms with van der Waals surface area (Å²) in [6.45, 7) is 5.27. The Bertz CT molecular complexity index is 1510. The van der Waals surface area contributed by atoms with E-state index in [1.165, 1.54) is 4.88 Å². The van der Waals surface area contributed by atoms with E-state index in [1.807, 2.05) is 35.9 Å². The molecule has 1 N–H and O–H groups in total. The van der Waals surface area contributed by atoms with Crippen molar-refractivity contribution in [1.29, 1.82) is 0 Å². The first-order valence-corrected chi connectivity index (χ1v) is 13.7. The van der Waals surface area contributed by atoms with Gasteiger partial charge in [-0.1, -0.05) is 25.0 Å². The lowest BCUT2D eigenvalue weighted by atomic mass is 9.99. The molecular weight excluding hydrogens is 484 g/mol. The highest BCUT2D eigenvalue weighted by Crippen LogP contribution is 2.35. The first kappa shape index (κ1) is 23.8. The Kier molecular flexibility index (Phi) is 6.48. The van der Waals surface area contributed by atoms with Gasteiger partial charge in [0.25, 0.3) is 5.56 Å². The lowest BCUT2D eigenvalue weighted by Gasteiger charge is -2.30. The molecular formula is C28H30N6O2S. The zero-order valence-electron chi connectivity index (χ0n) is 21.1. The van der Waals surface area contributed by atoms with E-state index in [4.69, 9.17) is 4.42 Å². The van der Waals surface area contributed by atoms with Gasteiger partial charge < -0.3 is 9.40 Å². The minimum atomic E-state index is -0.461. The summed E-state index contributed by atoms with van der Waals surface area (Å²) in [7, 11) is 0. The fourth-order valence-electron chi connectivity index (χ4n) is 5.62. The predicted molar refractivity (Wildman–Crippen MR) is 143 cm³/mol. The molecule has 4 heterocycles. The Hall–Kier alpha value is -3.56. The van der Waals surface area contributed by atoms with E-state index in [2.05, 4.69) is 55.9 Å². The van der Waals surface area contributed by atoms with Crippen molar-refractivity contribution in [1.82, 2.24) is 30.1 Å². The Balaban J connectivity index is 1.55. The monoisotopic (exact) mass is 514 g/mol. The molecule has 0 spiro atoms. The molecule has 1 fully saturated rings. The minimum Gasteiger partial charge on any atom is -0.468 e. The molecule has 8 nitrogen and oxygen atoms in total. The lowest BCUT2D eigenvalue weighted by molar-refractivity contribution is 0.178. The third-order valence-corrected chi connectivity index (χ3v) is 8.17. The van der Waals surface area contributed by atoms with Crippen LogP contribution in [0.1, 0.15) is 70.9 Å². The summed E-state index contributed by atoms with van der Waals surface area (Å²) in [6.07, 6.45) is 6.09. The van der Waals surface area contributed by atoms with E-state index >= 15 is 0 Å². The summed E-state index contributed by atoms with van der Waals surface area (Å²) in [5.74, 6) is 1.52. The van der Waals surface area contributed by atoms with Gasteiger partial charge in [0.2, 0.25) is 0 Å². The van der Waals surface area contributed by atoms with Crippen molar-refractivity contribution < 1.29 is 4.42 Å². The van der Waals surface area contributed by atoms with Gasteiger partial charge >= 0.3 is 0 Å². The van der Waals surface area contributed by atoms with E-state index in [-0.39, 0.29) is 11.6 Å². The van der Waals surface area contributed by atoms with E-state index in [0.29, 0.717) is 24.5 Å². The van der Waals surface area contributed by atoms with E-state index in [0.717, 1.165) is 53.5 Å². The molecule has 1 aromatic carbocycles. The second kappa shape index (κ2) is 10.1. The van der Waals surface area contributed by atoms with Crippen LogP contribution in [0.15, 0.2) is 63.3 Å². The number of aryl methyl sites for hydroxylation is 2. The Morgan fingerprint density at radius 2 is 2.03 bits per heavy atom. The number of pyridine rings is 1. The van der Waals surface area contributed by atoms with Crippen molar-refractivity contribution in [3.8, 4) is 0 Å². The quantitative estimate of drug-likeness (QED) is 0.286. The number of fused-ring (bicyclic) bond motifs is 1. The number of nitrogens with one attached hydrogen (secondary N) is 1. The van der Waals surface area contributed by atoms with Crippen molar-refractivity contribution in [2.75, 3.05) is 0 Å². The van der Waals surface area contributed by atoms with Crippen LogP contribution < -0.4 is 5.56 Å². The van der Waals surface area contributed by atoms with Crippen LogP contribution in [0.2, 0.25) is 0 Å². The Morgan fingerprint density at radius 1 is 1.16 bits per heavy atom. The molecule has 0 saturated heterocycles. The standard InChI is InChI=1S/C28H30N6O2S/c1-18-13-19(2)23-15-24(28(35)29-25(23)14-18)26(27-30-31-32-34(27)20-7-3-4-8-20)33(16-21-9-5-11-36-21)17-22-10-6-12-37-22/h5-6,9-15,20,26H,3-4,7-8,16-17H2,1-2H3,(H,29,35)/t26-/m0/s1. The summed E-state index contributed by atoms with van der Waals surface area (Å²) < 4.78 is 7.73. The van der Waals surface area contributed by atoms with Crippen LogP contribution >= 0.6 is 11.3 Å².